The van der Waals surface area contributed by atoms with E-state index in [4.69, 9.17) is 11.5 Å². The van der Waals surface area contributed by atoms with Gasteiger partial charge in [-0.1, -0.05) is 0 Å². The quantitative estimate of drug-likeness (QED) is 0.556. The predicted octanol–water partition coefficient (Wildman–Crippen LogP) is -0.207. The highest BCUT2D eigenvalue weighted by Gasteiger charge is 2.05. The van der Waals surface area contributed by atoms with E-state index in [2.05, 4.69) is 15.3 Å². The van der Waals surface area contributed by atoms with Gasteiger partial charge >= 0.3 is 0 Å². The first kappa shape index (κ1) is 11.9. The molecule has 0 aliphatic carbocycles. The zero-order valence-electron chi connectivity index (χ0n) is 9.56. The van der Waals surface area contributed by atoms with Gasteiger partial charge in [0.2, 0.25) is 5.91 Å². The minimum absolute atomic E-state index is 0.209. The Morgan fingerprint density at radius 3 is 2.94 bits per heavy atom. The highest BCUT2D eigenvalue weighted by molar-refractivity contribution is 5.88. The highest BCUT2D eigenvalue weighted by atomic mass is 16.1. The first-order valence-corrected chi connectivity index (χ1v) is 5.37. The average molecular weight is 247 g/mol. The van der Waals surface area contributed by atoms with Crippen molar-refractivity contribution in [2.24, 2.45) is 5.73 Å². The lowest BCUT2D eigenvalue weighted by Crippen LogP contribution is -2.16. The Morgan fingerprint density at radius 2 is 2.22 bits per heavy atom. The second kappa shape index (κ2) is 4.74. The van der Waals surface area contributed by atoms with Gasteiger partial charge in [0, 0.05) is 13.0 Å². The molecule has 0 aliphatic rings. The van der Waals surface area contributed by atoms with Crippen LogP contribution in [0.2, 0.25) is 0 Å². The second-order valence-corrected chi connectivity index (χ2v) is 3.83. The molecule has 94 valence electrons. The Morgan fingerprint density at radius 1 is 1.44 bits per heavy atom. The molecule has 0 atom stereocenters. The third kappa shape index (κ3) is 2.40. The zero-order chi connectivity index (χ0) is 13.1. The van der Waals surface area contributed by atoms with E-state index in [1.807, 2.05) is 0 Å². The number of aromatic nitrogens is 2. The maximum Gasteiger partial charge on any atom is 0.258 e. The summed E-state index contributed by atoms with van der Waals surface area (Å²) < 4.78 is 0. The molecule has 7 heteroatoms. The fourth-order valence-corrected chi connectivity index (χ4v) is 1.61. The number of amides is 1. The molecule has 0 spiro atoms. The van der Waals surface area contributed by atoms with E-state index in [9.17, 15) is 9.59 Å². The Kier molecular flexibility index (Phi) is 3.13. The van der Waals surface area contributed by atoms with Crippen LogP contribution < -0.4 is 22.3 Å². The molecule has 6 N–H and O–H groups in total. The van der Waals surface area contributed by atoms with Gasteiger partial charge < -0.3 is 21.8 Å². The van der Waals surface area contributed by atoms with E-state index in [-0.39, 0.29) is 12.0 Å². The number of benzene rings is 1. The molecule has 2 rings (SSSR count). The molecule has 0 unspecified atom stereocenters. The number of carbonyl (C=O) groups excluding carboxylic acids is 1. The summed E-state index contributed by atoms with van der Waals surface area (Å²) in [4.78, 5) is 28.7. The normalized spacial score (nSPS) is 10.4. The average Bonchev–Trinajstić information content (AvgIpc) is 2.31. The van der Waals surface area contributed by atoms with Crippen LogP contribution in [-0.2, 0) is 4.79 Å². The zero-order valence-corrected chi connectivity index (χ0v) is 9.56. The highest BCUT2D eigenvalue weighted by Crippen LogP contribution is 2.22. The minimum Gasteiger partial charge on any atom is -0.397 e. The van der Waals surface area contributed by atoms with Crippen LogP contribution in [0.3, 0.4) is 0 Å². The van der Waals surface area contributed by atoms with Gasteiger partial charge in [-0.3, -0.25) is 9.59 Å². The summed E-state index contributed by atoms with van der Waals surface area (Å²) in [6.07, 6.45) is 1.54. The lowest BCUT2D eigenvalue weighted by Gasteiger charge is -2.09. The number of hydrogen-bond acceptors (Lipinski definition) is 5. The van der Waals surface area contributed by atoms with Gasteiger partial charge in [-0.25, -0.2) is 4.98 Å². The van der Waals surface area contributed by atoms with Crippen LogP contribution in [0.1, 0.15) is 6.42 Å². The molecule has 0 bridgehead atoms. The first-order chi connectivity index (χ1) is 8.58. The summed E-state index contributed by atoms with van der Waals surface area (Å²) in [6.45, 7) is 0.383. The van der Waals surface area contributed by atoms with Crippen molar-refractivity contribution in [3.63, 3.8) is 0 Å². The number of nitrogens with zero attached hydrogens (tertiary/aromatic N) is 1. The van der Waals surface area contributed by atoms with Crippen LogP contribution in [0.4, 0.5) is 11.4 Å². The molecule has 0 saturated heterocycles. The van der Waals surface area contributed by atoms with Crippen molar-refractivity contribution in [3.05, 3.63) is 28.8 Å². The molecule has 1 amide bonds. The Bertz CT molecular complexity index is 649. The van der Waals surface area contributed by atoms with Crippen LogP contribution in [-0.4, -0.2) is 22.4 Å². The molecule has 0 radical (unpaired) electrons. The molecule has 0 aliphatic heterocycles. The molecule has 2 aromatic rings. The summed E-state index contributed by atoms with van der Waals surface area (Å²) in [5.74, 6) is -0.392. The van der Waals surface area contributed by atoms with Crippen LogP contribution >= 0.6 is 0 Å². The van der Waals surface area contributed by atoms with Gasteiger partial charge in [0.25, 0.3) is 5.56 Å². The van der Waals surface area contributed by atoms with Crippen molar-refractivity contribution in [3.8, 4) is 0 Å². The van der Waals surface area contributed by atoms with Crippen molar-refractivity contribution in [1.82, 2.24) is 9.97 Å². The predicted molar refractivity (Wildman–Crippen MR) is 69.1 cm³/mol. The number of primary amides is 1. The van der Waals surface area contributed by atoms with E-state index in [1.165, 1.54) is 6.33 Å². The second-order valence-electron chi connectivity index (χ2n) is 3.83. The van der Waals surface area contributed by atoms with Gasteiger partial charge in [0.05, 0.1) is 28.6 Å². The van der Waals surface area contributed by atoms with Crippen molar-refractivity contribution < 1.29 is 4.79 Å². The summed E-state index contributed by atoms with van der Waals surface area (Å²) in [5, 5.41) is 3.40. The molecule has 1 aromatic heterocycles. The fraction of sp³-hybridized carbons (Fsp3) is 0.182. The largest absolute Gasteiger partial charge is 0.397 e. The number of hydrogen-bond donors (Lipinski definition) is 4. The van der Waals surface area contributed by atoms with Crippen molar-refractivity contribution in [1.29, 1.82) is 0 Å². The lowest BCUT2D eigenvalue weighted by atomic mass is 10.2. The van der Waals surface area contributed by atoms with E-state index < -0.39 is 5.91 Å². The number of carbonyl (C=O) groups is 1. The topological polar surface area (TPSA) is 127 Å². The van der Waals surface area contributed by atoms with E-state index in [0.29, 0.717) is 28.8 Å². The third-order valence-corrected chi connectivity index (χ3v) is 2.50. The minimum atomic E-state index is -0.392. The SMILES string of the molecule is NC(=O)CCNc1cc2nc[nH]c(=O)c2cc1N. The van der Waals surface area contributed by atoms with E-state index >= 15 is 0 Å². The molecule has 18 heavy (non-hydrogen) atoms. The van der Waals surface area contributed by atoms with Crippen molar-refractivity contribution in [2.75, 3.05) is 17.6 Å². The van der Waals surface area contributed by atoms with Gasteiger partial charge in [-0.15, -0.1) is 0 Å². The number of aromatic amines is 1. The van der Waals surface area contributed by atoms with Crippen LogP contribution in [0.5, 0.6) is 0 Å². The maximum atomic E-state index is 11.5. The standard InChI is InChI=1S/C11H13N5O2/c12-7-3-6-8(15-5-16-11(6)18)4-9(7)14-2-1-10(13)17/h3-5,14H,1-2,12H2,(H2,13,17)(H,15,16,18). The molecule has 7 nitrogen and oxygen atoms in total. The molecular formula is C11H13N5O2. The van der Waals surface area contributed by atoms with Crippen LogP contribution in [0, 0.1) is 0 Å². The van der Waals surface area contributed by atoms with Gasteiger partial charge in [-0.2, -0.15) is 0 Å². The van der Waals surface area contributed by atoms with Crippen molar-refractivity contribution in [2.45, 2.75) is 6.42 Å². The number of nitrogens with two attached hydrogens (primary N) is 2. The van der Waals surface area contributed by atoms with Gasteiger partial charge in [0.15, 0.2) is 0 Å². The van der Waals surface area contributed by atoms with Crippen LogP contribution in [0.25, 0.3) is 10.9 Å². The first-order valence-electron chi connectivity index (χ1n) is 5.37. The lowest BCUT2D eigenvalue weighted by molar-refractivity contribution is -0.117. The number of fused-ring (bicyclic) bond motifs is 1. The number of anilines is 2. The Balaban J connectivity index is 2.32. The van der Waals surface area contributed by atoms with Gasteiger partial charge in [-0.05, 0) is 12.1 Å². The summed E-state index contributed by atoms with van der Waals surface area (Å²) >= 11 is 0. The molecular weight excluding hydrogens is 234 g/mol. The third-order valence-electron chi connectivity index (χ3n) is 2.50. The Labute approximate surface area is 102 Å². The molecule has 1 heterocycles. The van der Waals surface area contributed by atoms with Crippen LogP contribution in [0.15, 0.2) is 23.3 Å². The summed E-state index contributed by atoms with van der Waals surface area (Å²) in [7, 11) is 0. The number of nitrogens with one attached hydrogen (secondary N) is 2. The molecule has 1 aromatic carbocycles. The summed E-state index contributed by atoms with van der Waals surface area (Å²) in [5.41, 5.74) is 12.2. The fourth-order valence-electron chi connectivity index (χ4n) is 1.61. The van der Waals surface area contributed by atoms with E-state index in [0.717, 1.165) is 0 Å². The Hall–Kier alpha value is -2.57. The maximum absolute atomic E-state index is 11.5. The number of nitrogen functional groups attached to an aromatic ring is 1. The smallest absolute Gasteiger partial charge is 0.258 e. The number of rotatable bonds is 4. The number of H-pyrrole nitrogens is 1. The van der Waals surface area contributed by atoms with Gasteiger partial charge in [0.1, 0.15) is 0 Å². The van der Waals surface area contributed by atoms with E-state index in [1.54, 1.807) is 12.1 Å². The monoisotopic (exact) mass is 247 g/mol. The van der Waals surface area contributed by atoms with Crippen molar-refractivity contribution >= 4 is 28.2 Å². The molecule has 0 saturated carbocycles. The molecule has 0 fully saturated rings. The summed E-state index contributed by atoms with van der Waals surface area (Å²) in [6, 6.07) is 3.22.